The van der Waals surface area contributed by atoms with Gasteiger partial charge in [-0.25, -0.2) is 0 Å². The number of nitrogens with zero attached hydrogens (tertiary/aromatic N) is 1. The Morgan fingerprint density at radius 2 is 2.17 bits per heavy atom. The van der Waals surface area contributed by atoms with Crippen molar-refractivity contribution in [3.8, 4) is 0 Å². The van der Waals surface area contributed by atoms with E-state index in [1.165, 1.54) is 16.0 Å². The fourth-order valence-corrected chi connectivity index (χ4v) is 4.32. The number of anilines is 1. The maximum Gasteiger partial charge on any atom is 0.294 e. The van der Waals surface area contributed by atoms with Crippen LogP contribution in [0.2, 0.25) is 0 Å². The number of hydrogen-bond acceptors (Lipinski definition) is 2. The van der Waals surface area contributed by atoms with Gasteiger partial charge in [0.1, 0.15) is 0 Å². The molecule has 1 aromatic heterocycles. The van der Waals surface area contributed by atoms with Crippen molar-refractivity contribution >= 4 is 27.5 Å². The lowest BCUT2D eigenvalue weighted by molar-refractivity contribution is -0.886. The van der Waals surface area contributed by atoms with Crippen molar-refractivity contribution in [2.24, 2.45) is 0 Å². The average Bonchev–Trinajstić information content (AvgIpc) is 3.08. The summed E-state index contributed by atoms with van der Waals surface area (Å²) in [5, 5.41) is 0. The summed E-state index contributed by atoms with van der Waals surface area (Å²) in [4.78, 5) is 16.6. The molecule has 120 valence electrons. The number of nitrogens with one attached hydrogen (secondary N) is 1. The molecule has 0 spiro atoms. The van der Waals surface area contributed by atoms with Crippen LogP contribution in [0.15, 0.2) is 39.4 Å². The molecule has 4 nitrogen and oxygen atoms in total. The van der Waals surface area contributed by atoms with Crippen LogP contribution in [-0.2, 0) is 0 Å². The first-order valence-corrected chi connectivity index (χ1v) is 8.84. The number of halogens is 1. The van der Waals surface area contributed by atoms with Crippen LogP contribution >= 0.6 is 15.9 Å². The van der Waals surface area contributed by atoms with Crippen LogP contribution in [0.3, 0.4) is 0 Å². The van der Waals surface area contributed by atoms with Crippen LogP contribution < -0.4 is 9.80 Å². The van der Waals surface area contributed by atoms with E-state index in [1.54, 1.807) is 12.1 Å². The molecule has 3 heterocycles. The molecule has 2 aliphatic heterocycles. The second-order valence-corrected chi connectivity index (χ2v) is 7.50. The second kappa shape index (κ2) is 5.49. The molecule has 23 heavy (non-hydrogen) atoms. The zero-order valence-electron chi connectivity index (χ0n) is 13.3. The van der Waals surface area contributed by atoms with Crippen molar-refractivity contribution in [1.82, 2.24) is 0 Å². The fourth-order valence-electron chi connectivity index (χ4n) is 4.01. The highest BCUT2D eigenvalue weighted by molar-refractivity contribution is 9.10. The Balaban J connectivity index is 1.78. The molecule has 5 heteroatoms. The van der Waals surface area contributed by atoms with Crippen LogP contribution in [0.5, 0.6) is 0 Å². The van der Waals surface area contributed by atoms with Crippen molar-refractivity contribution in [1.29, 1.82) is 0 Å². The zero-order valence-corrected chi connectivity index (χ0v) is 14.9. The van der Waals surface area contributed by atoms with Crippen molar-refractivity contribution < 1.29 is 14.1 Å². The van der Waals surface area contributed by atoms with Crippen molar-refractivity contribution in [2.75, 3.05) is 25.0 Å². The molecule has 4 rings (SSSR count). The van der Waals surface area contributed by atoms with E-state index in [-0.39, 0.29) is 11.9 Å². The predicted molar refractivity (Wildman–Crippen MR) is 92.2 cm³/mol. The van der Waals surface area contributed by atoms with E-state index in [0.717, 1.165) is 25.2 Å². The summed E-state index contributed by atoms with van der Waals surface area (Å²) in [6.07, 6.45) is 1.03. The van der Waals surface area contributed by atoms with E-state index in [9.17, 15) is 4.79 Å². The Labute approximate surface area is 144 Å². The fraction of sp³-hybridized carbons (Fsp3) is 0.389. The number of benzene rings is 1. The van der Waals surface area contributed by atoms with Crippen LogP contribution in [0, 0.1) is 6.92 Å². The first kappa shape index (κ1) is 15.0. The van der Waals surface area contributed by atoms with E-state index in [4.69, 9.17) is 4.42 Å². The van der Waals surface area contributed by atoms with Gasteiger partial charge in [0, 0.05) is 12.1 Å². The smallest absolute Gasteiger partial charge is 0.294 e. The first-order chi connectivity index (χ1) is 11.0. The number of likely N-dealkylation sites (tertiary alicyclic amines) is 1. The minimum absolute atomic E-state index is 0.0344. The summed E-state index contributed by atoms with van der Waals surface area (Å²) in [5.41, 5.74) is 3.62. The van der Waals surface area contributed by atoms with Gasteiger partial charge in [0.05, 0.1) is 32.1 Å². The predicted octanol–water partition coefficient (Wildman–Crippen LogP) is 2.38. The third-order valence-electron chi connectivity index (χ3n) is 5.08. The van der Waals surface area contributed by atoms with E-state index in [1.807, 2.05) is 4.90 Å². The summed E-state index contributed by atoms with van der Waals surface area (Å²) in [6.45, 7) is 4.29. The Kier molecular flexibility index (Phi) is 3.58. The number of hydrogen-bond donors (Lipinski definition) is 1. The van der Waals surface area contributed by atoms with Crippen molar-refractivity contribution in [2.45, 2.75) is 25.3 Å². The van der Waals surface area contributed by atoms with Gasteiger partial charge in [0.25, 0.3) is 5.91 Å². The Hall–Kier alpha value is -1.59. The van der Waals surface area contributed by atoms with Gasteiger partial charge in [0.15, 0.2) is 10.4 Å². The highest BCUT2D eigenvalue weighted by Crippen LogP contribution is 2.43. The number of fused-ring (bicyclic) bond motifs is 3. The number of rotatable bonds is 1. The van der Waals surface area contributed by atoms with Gasteiger partial charge in [-0.1, -0.05) is 17.7 Å². The summed E-state index contributed by atoms with van der Waals surface area (Å²) >= 11 is 3.29. The maximum atomic E-state index is 13.0. The minimum Gasteiger partial charge on any atom is -0.444 e. The molecule has 0 aliphatic carbocycles. The lowest BCUT2D eigenvalue weighted by Gasteiger charge is -2.34. The number of carbonyl (C=O) groups is 1. The molecule has 1 saturated heterocycles. The summed E-state index contributed by atoms with van der Waals surface area (Å²) in [5.74, 6) is 0.782. The SMILES string of the molecule is Cc1ccc2c(c1)C1C[NH+](C)CCC1N2C(=O)c1ccc(Br)o1. The van der Waals surface area contributed by atoms with Crippen LogP contribution in [0.25, 0.3) is 0 Å². The highest BCUT2D eigenvalue weighted by atomic mass is 79.9. The molecule has 1 aromatic carbocycles. The van der Waals surface area contributed by atoms with Gasteiger partial charge in [-0.3, -0.25) is 4.79 Å². The number of furan rings is 1. The zero-order chi connectivity index (χ0) is 16.1. The molecule has 0 radical (unpaired) electrons. The lowest BCUT2D eigenvalue weighted by Crippen LogP contribution is -3.11. The Morgan fingerprint density at radius 1 is 1.35 bits per heavy atom. The van der Waals surface area contributed by atoms with E-state index in [2.05, 4.69) is 48.1 Å². The molecule has 2 aromatic rings. The van der Waals surface area contributed by atoms with Gasteiger partial charge in [-0.15, -0.1) is 0 Å². The number of piperidine rings is 1. The standard InChI is InChI=1S/C18H19BrN2O2/c1-11-3-4-14-12(9-11)13-10-20(2)8-7-15(13)21(14)18(22)16-5-6-17(19)23-16/h3-6,9,13,15H,7-8,10H2,1-2H3/p+1. The van der Waals surface area contributed by atoms with Gasteiger partial charge < -0.3 is 14.2 Å². The molecule has 3 atom stereocenters. The van der Waals surface area contributed by atoms with Crippen molar-refractivity contribution in [3.63, 3.8) is 0 Å². The Morgan fingerprint density at radius 3 is 2.91 bits per heavy atom. The lowest BCUT2D eigenvalue weighted by atomic mass is 9.89. The molecule has 1 amide bonds. The largest absolute Gasteiger partial charge is 0.444 e. The van der Waals surface area contributed by atoms with Crippen molar-refractivity contribution in [3.05, 3.63) is 51.9 Å². The van der Waals surface area contributed by atoms with E-state index < -0.39 is 0 Å². The molecule has 0 bridgehead atoms. The normalized spacial score (nSPS) is 26.0. The average molecular weight is 376 g/mol. The number of likely N-dealkylation sites (N-methyl/N-ethyl adjacent to an activating group) is 1. The molecule has 1 fully saturated rings. The monoisotopic (exact) mass is 375 g/mol. The summed E-state index contributed by atoms with van der Waals surface area (Å²) in [6, 6.07) is 10.2. The van der Waals surface area contributed by atoms with Gasteiger partial charge in [-0.05, 0) is 46.6 Å². The second-order valence-electron chi connectivity index (χ2n) is 6.71. The molecule has 2 aliphatic rings. The van der Waals surface area contributed by atoms with Gasteiger partial charge >= 0.3 is 0 Å². The quantitative estimate of drug-likeness (QED) is 0.830. The topological polar surface area (TPSA) is 37.9 Å². The van der Waals surface area contributed by atoms with Crippen LogP contribution in [0.1, 0.15) is 34.0 Å². The molecular weight excluding hydrogens is 356 g/mol. The third kappa shape index (κ3) is 2.42. The number of quaternary nitrogens is 1. The third-order valence-corrected chi connectivity index (χ3v) is 5.50. The van der Waals surface area contributed by atoms with Crippen LogP contribution in [0.4, 0.5) is 5.69 Å². The highest BCUT2D eigenvalue weighted by Gasteiger charge is 2.46. The number of aryl methyl sites for hydroxylation is 1. The Bertz CT molecular complexity index is 770. The molecular formula is C18H20BrN2O2+. The first-order valence-electron chi connectivity index (χ1n) is 8.05. The summed E-state index contributed by atoms with van der Waals surface area (Å²) in [7, 11) is 2.24. The van der Waals surface area contributed by atoms with Crippen LogP contribution in [-0.4, -0.2) is 32.1 Å². The summed E-state index contributed by atoms with van der Waals surface area (Å²) < 4.78 is 6.11. The van der Waals surface area contributed by atoms with E-state index >= 15 is 0 Å². The number of carbonyl (C=O) groups excluding carboxylic acids is 1. The van der Waals surface area contributed by atoms with E-state index in [0.29, 0.717) is 16.3 Å². The maximum absolute atomic E-state index is 13.0. The molecule has 1 N–H and O–H groups in total. The van der Waals surface area contributed by atoms with Gasteiger partial charge in [-0.2, -0.15) is 0 Å². The van der Waals surface area contributed by atoms with Gasteiger partial charge in [0.2, 0.25) is 0 Å². The molecule has 0 saturated carbocycles. The number of amides is 1. The molecule has 3 unspecified atom stereocenters. The minimum atomic E-state index is -0.0344.